The highest BCUT2D eigenvalue weighted by molar-refractivity contribution is 7.99. The Morgan fingerprint density at radius 2 is 2.25 bits per heavy atom. The molecule has 1 aromatic heterocycles. The number of hydrogen-bond acceptors (Lipinski definition) is 4. The van der Waals surface area contributed by atoms with Crippen LogP contribution in [0.1, 0.15) is 49.4 Å². The Labute approximate surface area is 99.5 Å². The molecule has 0 spiro atoms. The average Bonchev–Trinajstić information content (AvgIpc) is 2.25. The van der Waals surface area contributed by atoms with Gasteiger partial charge in [-0.25, -0.2) is 14.8 Å². The molecule has 0 aliphatic heterocycles. The predicted molar refractivity (Wildman–Crippen MR) is 64.1 cm³/mol. The van der Waals surface area contributed by atoms with E-state index in [9.17, 15) is 4.79 Å². The molecule has 16 heavy (non-hydrogen) atoms. The molecule has 88 valence electrons. The van der Waals surface area contributed by atoms with E-state index in [1.807, 2.05) is 13.8 Å². The third-order valence-corrected chi connectivity index (χ3v) is 3.18. The number of nitrogens with zero attached hydrogens (tertiary/aromatic N) is 2. The molecular weight excluding hydrogens is 224 g/mol. The van der Waals surface area contributed by atoms with Gasteiger partial charge in [-0.05, 0) is 12.2 Å². The normalized spacial score (nSPS) is 10.8. The van der Waals surface area contributed by atoms with Crippen LogP contribution in [0, 0.1) is 0 Å². The predicted octanol–water partition coefficient (Wildman–Crippen LogP) is 2.80. The van der Waals surface area contributed by atoms with Gasteiger partial charge in [-0.2, -0.15) is 0 Å². The van der Waals surface area contributed by atoms with E-state index in [0.717, 1.165) is 12.2 Å². The lowest BCUT2D eigenvalue weighted by molar-refractivity contribution is 0.0685. The zero-order chi connectivity index (χ0) is 12.1. The van der Waals surface area contributed by atoms with Crippen LogP contribution in [0.4, 0.5) is 0 Å². The Balaban J connectivity index is 3.04. The maximum Gasteiger partial charge on any atom is 0.355 e. The molecule has 0 amide bonds. The largest absolute Gasteiger partial charge is 0.476 e. The van der Waals surface area contributed by atoms with Crippen LogP contribution in [0.5, 0.6) is 0 Å². The molecule has 0 atom stereocenters. The van der Waals surface area contributed by atoms with Crippen molar-refractivity contribution in [2.75, 3.05) is 5.75 Å². The number of carboxylic acids is 1. The molecule has 1 aromatic rings. The van der Waals surface area contributed by atoms with E-state index >= 15 is 0 Å². The van der Waals surface area contributed by atoms with Crippen molar-refractivity contribution >= 4 is 17.7 Å². The summed E-state index contributed by atoms with van der Waals surface area (Å²) in [6.45, 7) is 5.94. The lowest BCUT2D eigenvalue weighted by Gasteiger charge is -2.08. The SMILES string of the molecule is CCCSc1cnc(C(C)C)nc1C(=O)O. The minimum atomic E-state index is -0.983. The summed E-state index contributed by atoms with van der Waals surface area (Å²) in [7, 11) is 0. The van der Waals surface area contributed by atoms with Crippen LogP contribution in [0.25, 0.3) is 0 Å². The molecule has 0 aromatic carbocycles. The van der Waals surface area contributed by atoms with E-state index in [4.69, 9.17) is 5.11 Å². The van der Waals surface area contributed by atoms with Gasteiger partial charge in [0.2, 0.25) is 0 Å². The van der Waals surface area contributed by atoms with Crippen molar-refractivity contribution in [1.29, 1.82) is 0 Å². The molecule has 5 heteroatoms. The maximum absolute atomic E-state index is 11.1. The molecule has 0 saturated carbocycles. The Hall–Kier alpha value is -1.10. The molecule has 1 rings (SSSR count). The van der Waals surface area contributed by atoms with E-state index in [1.54, 1.807) is 6.20 Å². The van der Waals surface area contributed by atoms with E-state index in [0.29, 0.717) is 10.7 Å². The molecular formula is C11H16N2O2S. The highest BCUT2D eigenvalue weighted by atomic mass is 32.2. The topological polar surface area (TPSA) is 63.1 Å². The van der Waals surface area contributed by atoms with Gasteiger partial charge in [0.05, 0.1) is 4.90 Å². The smallest absolute Gasteiger partial charge is 0.355 e. The Morgan fingerprint density at radius 1 is 1.56 bits per heavy atom. The van der Waals surface area contributed by atoms with Crippen molar-refractivity contribution in [3.05, 3.63) is 17.7 Å². The first-order chi connectivity index (χ1) is 7.56. The van der Waals surface area contributed by atoms with Crippen LogP contribution in [-0.4, -0.2) is 26.8 Å². The van der Waals surface area contributed by atoms with Gasteiger partial charge in [0, 0.05) is 12.1 Å². The summed E-state index contributed by atoms with van der Waals surface area (Å²) in [5.41, 5.74) is 0.122. The van der Waals surface area contributed by atoms with Crippen molar-refractivity contribution in [2.45, 2.75) is 38.0 Å². The lowest BCUT2D eigenvalue weighted by Crippen LogP contribution is -2.08. The highest BCUT2D eigenvalue weighted by Crippen LogP contribution is 2.22. The Bertz CT molecular complexity index is 380. The Kier molecular flexibility index (Phi) is 4.73. The third-order valence-electron chi connectivity index (χ3n) is 1.95. The van der Waals surface area contributed by atoms with E-state index in [2.05, 4.69) is 16.9 Å². The molecule has 4 nitrogen and oxygen atoms in total. The first-order valence-corrected chi connectivity index (χ1v) is 6.27. The average molecular weight is 240 g/mol. The second-order valence-electron chi connectivity index (χ2n) is 3.75. The fraction of sp³-hybridized carbons (Fsp3) is 0.545. The number of aromatic nitrogens is 2. The minimum absolute atomic E-state index is 0.122. The van der Waals surface area contributed by atoms with Crippen molar-refractivity contribution in [1.82, 2.24) is 9.97 Å². The Morgan fingerprint density at radius 3 is 2.75 bits per heavy atom. The summed E-state index contributed by atoms with van der Waals surface area (Å²) >= 11 is 1.49. The van der Waals surface area contributed by atoms with Gasteiger partial charge < -0.3 is 5.11 Å². The van der Waals surface area contributed by atoms with Crippen molar-refractivity contribution in [3.8, 4) is 0 Å². The zero-order valence-corrected chi connectivity index (χ0v) is 10.5. The number of carbonyl (C=O) groups is 1. The zero-order valence-electron chi connectivity index (χ0n) is 9.73. The van der Waals surface area contributed by atoms with Gasteiger partial charge in [0.25, 0.3) is 0 Å². The van der Waals surface area contributed by atoms with E-state index in [1.165, 1.54) is 11.8 Å². The molecule has 0 unspecified atom stereocenters. The molecule has 1 N–H and O–H groups in total. The standard InChI is InChI=1S/C11H16N2O2S/c1-4-5-16-8-6-12-10(7(2)3)13-9(8)11(14)15/h6-7H,4-5H2,1-3H3,(H,14,15). The van der Waals surface area contributed by atoms with Crippen molar-refractivity contribution in [3.63, 3.8) is 0 Å². The number of carboxylic acid groups (broad SMARTS) is 1. The van der Waals surface area contributed by atoms with E-state index in [-0.39, 0.29) is 11.6 Å². The fourth-order valence-electron chi connectivity index (χ4n) is 1.13. The maximum atomic E-state index is 11.1. The van der Waals surface area contributed by atoms with Gasteiger partial charge in [-0.1, -0.05) is 20.8 Å². The molecule has 0 saturated heterocycles. The molecule has 0 radical (unpaired) electrons. The van der Waals surface area contributed by atoms with Crippen LogP contribution < -0.4 is 0 Å². The first-order valence-electron chi connectivity index (χ1n) is 5.29. The van der Waals surface area contributed by atoms with Gasteiger partial charge in [0.15, 0.2) is 5.69 Å². The minimum Gasteiger partial charge on any atom is -0.476 e. The quantitative estimate of drug-likeness (QED) is 0.802. The summed E-state index contributed by atoms with van der Waals surface area (Å²) in [5.74, 6) is 0.620. The summed E-state index contributed by atoms with van der Waals surface area (Å²) in [4.78, 5) is 20.0. The van der Waals surface area contributed by atoms with Crippen LogP contribution in [-0.2, 0) is 0 Å². The highest BCUT2D eigenvalue weighted by Gasteiger charge is 2.15. The molecule has 0 aliphatic carbocycles. The van der Waals surface area contributed by atoms with Gasteiger partial charge in [-0.15, -0.1) is 11.8 Å². The number of rotatable bonds is 5. The molecule has 0 aliphatic rings. The van der Waals surface area contributed by atoms with Gasteiger partial charge in [-0.3, -0.25) is 0 Å². The lowest BCUT2D eigenvalue weighted by atomic mass is 10.2. The monoisotopic (exact) mass is 240 g/mol. The molecule has 0 fully saturated rings. The van der Waals surface area contributed by atoms with Crippen molar-refractivity contribution < 1.29 is 9.90 Å². The van der Waals surface area contributed by atoms with Gasteiger partial charge >= 0.3 is 5.97 Å². The number of aromatic carboxylic acids is 1. The number of thioether (sulfide) groups is 1. The first kappa shape index (κ1) is 13.0. The second-order valence-corrected chi connectivity index (χ2v) is 4.89. The fourth-order valence-corrected chi connectivity index (χ4v) is 1.95. The molecule has 0 bridgehead atoms. The summed E-state index contributed by atoms with van der Waals surface area (Å²) in [6, 6.07) is 0. The molecule has 1 heterocycles. The van der Waals surface area contributed by atoms with Crippen molar-refractivity contribution in [2.24, 2.45) is 0 Å². The third kappa shape index (κ3) is 3.20. The van der Waals surface area contributed by atoms with Crippen LogP contribution >= 0.6 is 11.8 Å². The van der Waals surface area contributed by atoms with Gasteiger partial charge in [0.1, 0.15) is 5.82 Å². The summed E-state index contributed by atoms with van der Waals surface area (Å²) in [6.07, 6.45) is 2.61. The van der Waals surface area contributed by atoms with Crippen LogP contribution in [0.2, 0.25) is 0 Å². The number of hydrogen-bond donors (Lipinski definition) is 1. The van der Waals surface area contributed by atoms with Crippen LogP contribution in [0.15, 0.2) is 11.1 Å². The second kappa shape index (κ2) is 5.84. The van der Waals surface area contributed by atoms with E-state index < -0.39 is 5.97 Å². The summed E-state index contributed by atoms with van der Waals surface area (Å²) in [5, 5.41) is 9.07. The summed E-state index contributed by atoms with van der Waals surface area (Å²) < 4.78 is 0. The van der Waals surface area contributed by atoms with Crippen LogP contribution in [0.3, 0.4) is 0 Å².